The SMILES string of the molecule is CC[C@H](C)NC(=O)[C@H](Cc1ccccc1)N(Cc1ccccc1Cl)C(=O)CN(c1ccc(C)cc1)S(=O)(=O)c1ccc(C)cc1. The van der Waals surface area contributed by atoms with Gasteiger partial charge in [0.15, 0.2) is 0 Å². The Morgan fingerprint density at radius 1 is 0.822 bits per heavy atom. The lowest BCUT2D eigenvalue weighted by molar-refractivity contribution is -0.140. The molecule has 0 saturated carbocycles. The minimum Gasteiger partial charge on any atom is -0.352 e. The second-order valence-corrected chi connectivity index (χ2v) is 13.6. The van der Waals surface area contributed by atoms with Gasteiger partial charge in [-0.05, 0) is 68.7 Å². The first-order valence-corrected chi connectivity index (χ1v) is 16.8. The van der Waals surface area contributed by atoms with Crippen LogP contribution in [0.5, 0.6) is 0 Å². The quantitative estimate of drug-likeness (QED) is 0.175. The molecular weight excluding hydrogens is 606 g/mol. The second kappa shape index (κ2) is 15.2. The van der Waals surface area contributed by atoms with E-state index in [1.807, 2.05) is 64.1 Å². The van der Waals surface area contributed by atoms with E-state index in [-0.39, 0.29) is 29.8 Å². The van der Waals surface area contributed by atoms with E-state index in [1.165, 1.54) is 17.0 Å². The Morgan fingerprint density at radius 3 is 2.00 bits per heavy atom. The third-order valence-corrected chi connectivity index (χ3v) is 9.94. The lowest BCUT2D eigenvalue weighted by Gasteiger charge is -2.34. The highest BCUT2D eigenvalue weighted by molar-refractivity contribution is 7.92. The molecule has 4 aromatic rings. The number of carbonyl (C=O) groups is 2. The Labute approximate surface area is 271 Å². The number of halogens is 1. The molecule has 0 radical (unpaired) electrons. The molecule has 2 atom stereocenters. The van der Waals surface area contributed by atoms with Gasteiger partial charge in [0.25, 0.3) is 10.0 Å². The number of amides is 2. The maximum Gasteiger partial charge on any atom is 0.264 e. The van der Waals surface area contributed by atoms with Crippen LogP contribution in [0.25, 0.3) is 0 Å². The molecule has 4 aromatic carbocycles. The van der Waals surface area contributed by atoms with E-state index in [2.05, 4.69) is 5.32 Å². The van der Waals surface area contributed by atoms with Crippen molar-refractivity contribution in [3.63, 3.8) is 0 Å². The third-order valence-electron chi connectivity index (χ3n) is 7.78. The molecule has 0 spiro atoms. The molecule has 0 aliphatic rings. The standard InChI is InChI=1S/C36H40ClN3O4S/c1-5-28(4)38-36(42)34(23-29-11-7-6-8-12-29)39(24-30-13-9-10-14-33(30)37)35(41)25-40(31-19-15-26(2)16-20-31)45(43,44)32-21-17-27(3)18-22-32/h6-22,28,34H,5,23-25H2,1-4H3,(H,38,42)/t28-,34-/m0/s1. The van der Waals surface area contributed by atoms with Crippen LogP contribution >= 0.6 is 11.6 Å². The predicted octanol–water partition coefficient (Wildman–Crippen LogP) is 6.71. The highest BCUT2D eigenvalue weighted by Crippen LogP contribution is 2.26. The van der Waals surface area contributed by atoms with Gasteiger partial charge in [-0.1, -0.05) is 102 Å². The Kier molecular flexibility index (Phi) is 11.4. The summed E-state index contributed by atoms with van der Waals surface area (Å²) >= 11 is 6.56. The monoisotopic (exact) mass is 645 g/mol. The van der Waals surface area contributed by atoms with Crippen LogP contribution in [-0.4, -0.2) is 43.8 Å². The van der Waals surface area contributed by atoms with Gasteiger partial charge in [-0.3, -0.25) is 13.9 Å². The van der Waals surface area contributed by atoms with Crippen molar-refractivity contribution in [3.8, 4) is 0 Å². The highest BCUT2D eigenvalue weighted by atomic mass is 35.5. The Balaban J connectivity index is 1.81. The van der Waals surface area contributed by atoms with Crippen LogP contribution in [0.1, 0.15) is 42.5 Å². The van der Waals surface area contributed by atoms with Crippen LogP contribution in [0.4, 0.5) is 5.69 Å². The van der Waals surface area contributed by atoms with E-state index in [1.54, 1.807) is 54.6 Å². The summed E-state index contributed by atoms with van der Waals surface area (Å²) in [7, 11) is -4.16. The predicted molar refractivity (Wildman–Crippen MR) is 181 cm³/mol. The van der Waals surface area contributed by atoms with Gasteiger partial charge >= 0.3 is 0 Å². The van der Waals surface area contributed by atoms with E-state index in [0.717, 1.165) is 21.0 Å². The van der Waals surface area contributed by atoms with E-state index in [0.29, 0.717) is 22.7 Å². The van der Waals surface area contributed by atoms with Crippen LogP contribution in [-0.2, 0) is 32.6 Å². The fourth-order valence-corrected chi connectivity index (χ4v) is 6.49. The molecule has 236 valence electrons. The van der Waals surface area contributed by atoms with Gasteiger partial charge in [-0.15, -0.1) is 0 Å². The summed E-state index contributed by atoms with van der Waals surface area (Å²) in [6.07, 6.45) is 0.937. The number of nitrogens with zero attached hydrogens (tertiary/aromatic N) is 2. The average Bonchev–Trinajstić information content (AvgIpc) is 3.03. The number of nitrogens with one attached hydrogen (secondary N) is 1. The van der Waals surface area contributed by atoms with Crippen molar-refractivity contribution in [2.75, 3.05) is 10.8 Å². The van der Waals surface area contributed by atoms with Crippen molar-refractivity contribution < 1.29 is 18.0 Å². The number of anilines is 1. The van der Waals surface area contributed by atoms with E-state index >= 15 is 0 Å². The van der Waals surface area contributed by atoms with Gasteiger partial charge < -0.3 is 10.2 Å². The molecule has 45 heavy (non-hydrogen) atoms. The molecule has 0 aromatic heterocycles. The topological polar surface area (TPSA) is 86.8 Å². The summed E-state index contributed by atoms with van der Waals surface area (Å²) in [6.45, 7) is 7.15. The van der Waals surface area contributed by atoms with Gasteiger partial charge in [0, 0.05) is 24.0 Å². The first kappa shape index (κ1) is 33.7. The van der Waals surface area contributed by atoms with Crippen molar-refractivity contribution in [2.45, 2.75) is 64.1 Å². The number of carbonyl (C=O) groups excluding carboxylic acids is 2. The third kappa shape index (κ3) is 8.74. The summed E-state index contributed by atoms with van der Waals surface area (Å²) in [5.41, 5.74) is 3.71. The Bertz CT molecular complexity index is 1690. The molecule has 0 bridgehead atoms. The lowest BCUT2D eigenvalue weighted by Crippen LogP contribution is -2.54. The van der Waals surface area contributed by atoms with Gasteiger partial charge in [0.2, 0.25) is 11.8 Å². The smallest absolute Gasteiger partial charge is 0.264 e. The first-order chi connectivity index (χ1) is 21.5. The molecule has 0 fully saturated rings. The summed E-state index contributed by atoms with van der Waals surface area (Å²) in [6, 6.07) is 29.0. The maximum absolute atomic E-state index is 14.5. The maximum atomic E-state index is 14.5. The largest absolute Gasteiger partial charge is 0.352 e. The molecule has 4 rings (SSSR count). The summed E-state index contributed by atoms with van der Waals surface area (Å²) < 4.78 is 29.4. The summed E-state index contributed by atoms with van der Waals surface area (Å²) in [5.74, 6) is -0.858. The van der Waals surface area contributed by atoms with Crippen LogP contribution < -0.4 is 9.62 Å². The highest BCUT2D eigenvalue weighted by Gasteiger charge is 2.35. The zero-order valence-corrected chi connectivity index (χ0v) is 27.7. The Morgan fingerprint density at radius 2 is 1.40 bits per heavy atom. The minimum absolute atomic E-state index is 0.0102. The van der Waals surface area contributed by atoms with Crippen molar-refractivity contribution >= 4 is 39.1 Å². The molecule has 0 unspecified atom stereocenters. The molecule has 0 aliphatic carbocycles. The van der Waals surface area contributed by atoms with Crippen molar-refractivity contribution in [1.29, 1.82) is 0 Å². The van der Waals surface area contributed by atoms with E-state index < -0.39 is 28.5 Å². The van der Waals surface area contributed by atoms with Crippen LogP contribution in [0.15, 0.2) is 108 Å². The number of hydrogen-bond acceptors (Lipinski definition) is 4. The molecule has 7 nitrogen and oxygen atoms in total. The van der Waals surface area contributed by atoms with Crippen LogP contribution in [0.3, 0.4) is 0 Å². The lowest BCUT2D eigenvalue weighted by atomic mass is 10.0. The van der Waals surface area contributed by atoms with E-state index in [9.17, 15) is 18.0 Å². The molecule has 0 aliphatic heterocycles. The zero-order chi connectivity index (χ0) is 32.6. The number of benzene rings is 4. The van der Waals surface area contributed by atoms with Gasteiger partial charge in [0.05, 0.1) is 10.6 Å². The zero-order valence-electron chi connectivity index (χ0n) is 26.1. The molecule has 9 heteroatoms. The molecular formula is C36H40ClN3O4S. The van der Waals surface area contributed by atoms with Gasteiger partial charge in [-0.2, -0.15) is 0 Å². The van der Waals surface area contributed by atoms with Gasteiger partial charge in [0.1, 0.15) is 12.6 Å². The number of hydrogen-bond donors (Lipinski definition) is 1. The fourth-order valence-electron chi connectivity index (χ4n) is 4.88. The summed E-state index contributed by atoms with van der Waals surface area (Å²) in [5, 5.41) is 3.48. The van der Waals surface area contributed by atoms with E-state index in [4.69, 9.17) is 11.6 Å². The molecule has 0 saturated heterocycles. The molecule has 2 amide bonds. The summed E-state index contributed by atoms with van der Waals surface area (Å²) in [4.78, 5) is 30.0. The Hall–Kier alpha value is -4.14. The van der Waals surface area contributed by atoms with Crippen LogP contribution in [0, 0.1) is 13.8 Å². The van der Waals surface area contributed by atoms with Crippen molar-refractivity contribution in [3.05, 3.63) is 130 Å². The minimum atomic E-state index is -4.16. The molecule has 1 N–H and O–H groups in total. The molecule has 0 heterocycles. The van der Waals surface area contributed by atoms with Crippen molar-refractivity contribution in [1.82, 2.24) is 10.2 Å². The number of aryl methyl sites for hydroxylation is 2. The number of rotatable bonds is 13. The average molecular weight is 646 g/mol. The van der Waals surface area contributed by atoms with Crippen molar-refractivity contribution in [2.24, 2.45) is 0 Å². The second-order valence-electron chi connectivity index (χ2n) is 11.3. The normalized spacial score (nSPS) is 12.6. The number of sulfonamides is 1. The van der Waals surface area contributed by atoms with Gasteiger partial charge in [-0.25, -0.2) is 8.42 Å². The fraction of sp³-hybridized carbons (Fsp3) is 0.278. The first-order valence-electron chi connectivity index (χ1n) is 15.0. The van der Waals surface area contributed by atoms with Crippen LogP contribution in [0.2, 0.25) is 5.02 Å².